The largest absolute Gasteiger partial charge is 0.394 e. The van der Waals surface area contributed by atoms with Crippen molar-refractivity contribution < 1.29 is 8.85 Å². The minimum Gasteiger partial charge on any atom is -0.394 e. The Morgan fingerprint density at radius 1 is 1.23 bits per heavy atom. The highest BCUT2D eigenvalue weighted by Gasteiger charge is 2.31. The van der Waals surface area contributed by atoms with Gasteiger partial charge in [0.15, 0.2) is 0 Å². The normalized spacial score (nSPS) is 11.7. The molecule has 0 radical (unpaired) electrons. The molecule has 0 aromatic heterocycles. The Hall–Kier alpha value is -0.163. The van der Waals surface area contributed by atoms with Crippen molar-refractivity contribution in [1.29, 1.82) is 0 Å². The molecule has 0 fully saturated rings. The number of benzene rings is 1. The lowest BCUT2D eigenvalue weighted by Gasteiger charge is -2.22. The molecule has 72 valence electrons. The van der Waals surface area contributed by atoms with Crippen LogP contribution in [0.5, 0.6) is 0 Å². The van der Waals surface area contributed by atoms with Crippen molar-refractivity contribution in [2.24, 2.45) is 0 Å². The van der Waals surface area contributed by atoms with Crippen LogP contribution in [0.15, 0.2) is 28.7 Å². The van der Waals surface area contributed by atoms with Crippen molar-refractivity contribution in [3.8, 4) is 0 Å². The van der Waals surface area contributed by atoms with E-state index in [0.29, 0.717) is 0 Å². The van der Waals surface area contributed by atoms with Gasteiger partial charge in [0.25, 0.3) is 0 Å². The maximum atomic E-state index is 5.42. The predicted octanol–water partition coefficient (Wildman–Crippen LogP) is 2.02. The lowest BCUT2D eigenvalue weighted by molar-refractivity contribution is 0.265. The molecular weight excluding hydrogens is 248 g/mol. The zero-order valence-corrected chi connectivity index (χ0v) is 10.6. The van der Waals surface area contributed by atoms with E-state index < -0.39 is 8.56 Å². The number of hydrogen-bond donors (Lipinski definition) is 0. The van der Waals surface area contributed by atoms with Gasteiger partial charge in [0, 0.05) is 18.7 Å². The molecule has 1 rings (SSSR count). The van der Waals surface area contributed by atoms with Crippen LogP contribution in [-0.2, 0) is 8.85 Å². The van der Waals surface area contributed by atoms with Crippen LogP contribution in [0.2, 0.25) is 6.55 Å². The molecule has 4 heteroatoms. The van der Waals surface area contributed by atoms with Gasteiger partial charge in [-0.2, -0.15) is 0 Å². The van der Waals surface area contributed by atoms with Crippen LogP contribution >= 0.6 is 15.9 Å². The molecule has 1 aromatic rings. The molecule has 0 N–H and O–H groups in total. The van der Waals surface area contributed by atoms with E-state index in [0.717, 1.165) is 9.66 Å². The van der Waals surface area contributed by atoms with E-state index in [2.05, 4.69) is 15.9 Å². The zero-order valence-electron chi connectivity index (χ0n) is 8.00. The van der Waals surface area contributed by atoms with Gasteiger partial charge >= 0.3 is 8.56 Å². The Kier molecular flexibility index (Phi) is 3.67. The SMILES string of the molecule is CO[Si](C)(OC)c1cccc(Br)c1. The molecule has 0 saturated heterocycles. The monoisotopic (exact) mass is 260 g/mol. The Morgan fingerprint density at radius 3 is 2.31 bits per heavy atom. The molecule has 0 aliphatic heterocycles. The molecule has 13 heavy (non-hydrogen) atoms. The maximum absolute atomic E-state index is 5.42. The summed E-state index contributed by atoms with van der Waals surface area (Å²) in [4.78, 5) is 0. The highest BCUT2D eigenvalue weighted by Crippen LogP contribution is 2.11. The van der Waals surface area contributed by atoms with E-state index in [1.165, 1.54) is 0 Å². The van der Waals surface area contributed by atoms with Crippen LogP contribution in [0.3, 0.4) is 0 Å². The van der Waals surface area contributed by atoms with Gasteiger partial charge in [0.05, 0.1) is 0 Å². The summed E-state index contributed by atoms with van der Waals surface area (Å²) in [5, 5.41) is 1.13. The average molecular weight is 261 g/mol. The van der Waals surface area contributed by atoms with Gasteiger partial charge in [0.1, 0.15) is 0 Å². The van der Waals surface area contributed by atoms with Crippen molar-refractivity contribution in [1.82, 2.24) is 0 Å². The highest BCUT2D eigenvalue weighted by atomic mass is 79.9. The van der Waals surface area contributed by atoms with Gasteiger partial charge in [-0.15, -0.1) is 0 Å². The van der Waals surface area contributed by atoms with E-state index in [4.69, 9.17) is 8.85 Å². The molecule has 0 aliphatic carbocycles. The molecule has 2 nitrogen and oxygen atoms in total. The van der Waals surface area contributed by atoms with E-state index in [9.17, 15) is 0 Å². The number of rotatable bonds is 3. The van der Waals surface area contributed by atoms with Crippen LogP contribution in [0.25, 0.3) is 0 Å². The van der Waals surface area contributed by atoms with Gasteiger partial charge in [-0.1, -0.05) is 28.1 Å². The molecular formula is C9H13BrO2Si. The van der Waals surface area contributed by atoms with E-state index in [-0.39, 0.29) is 0 Å². The Bertz CT molecular complexity index is 287. The zero-order chi connectivity index (χ0) is 9.90. The second-order valence-corrected chi connectivity index (χ2v) is 7.07. The van der Waals surface area contributed by atoms with Crippen LogP contribution in [0, 0.1) is 0 Å². The fraction of sp³-hybridized carbons (Fsp3) is 0.333. The molecule has 0 saturated carbocycles. The van der Waals surface area contributed by atoms with Crippen LogP contribution in [-0.4, -0.2) is 22.8 Å². The Labute approximate surface area is 88.2 Å². The average Bonchev–Trinajstić information content (AvgIpc) is 2.17. The fourth-order valence-electron chi connectivity index (χ4n) is 1.09. The third-order valence-corrected chi connectivity index (χ3v) is 5.54. The second kappa shape index (κ2) is 4.37. The van der Waals surface area contributed by atoms with E-state index in [1.54, 1.807) is 14.2 Å². The lowest BCUT2D eigenvalue weighted by Crippen LogP contribution is -2.49. The third kappa shape index (κ3) is 2.40. The van der Waals surface area contributed by atoms with Crippen molar-refractivity contribution in [3.63, 3.8) is 0 Å². The molecule has 0 spiro atoms. The summed E-state index contributed by atoms with van der Waals surface area (Å²) in [5.74, 6) is 0. The van der Waals surface area contributed by atoms with Crippen molar-refractivity contribution in [2.45, 2.75) is 6.55 Å². The smallest absolute Gasteiger partial charge is 0.368 e. The standard InChI is InChI=1S/C9H13BrO2Si/c1-11-13(3,12-2)9-6-4-5-8(10)7-9/h4-7H,1-3H3. The maximum Gasteiger partial charge on any atom is 0.368 e. The molecule has 0 unspecified atom stereocenters. The predicted molar refractivity (Wildman–Crippen MR) is 59.4 cm³/mol. The summed E-state index contributed by atoms with van der Waals surface area (Å²) < 4.78 is 11.9. The van der Waals surface area contributed by atoms with E-state index >= 15 is 0 Å². The molecule has 0 atom stereocenters. The quantitative estimate of drug-likeness (QED) is 0.775. The second-order valence-electron chi connectivity index (χ2n) is 2.86. The van der Waals surface area contributed by atoms with Crippen molar-refractivity contribution >= 4 is 29.7 Å². The Balaban J connectivity index is 3.05. The molecule has 0 aliphatic rings. The summed E-state index contributed by atoms with van der Waals surface area (Å²) in [6.07, 6.45) is 0. The van der Waals surface area contributed by atoms with Gasteiger partial charge in [-0.3, -0.25) is 0 Å². The van der Waals surface area contributed by atoms with Gasteiger partial charge in [-0.25, -0.2) is 0 Å². The fourth-order valence-corrected chi connectivity index (χ4v) is 3.16. The summed E-state index contributed by atoms with van der Waals surface area (Å²) in [5.41, 5.74) is 0. The third-order valence-electron chi connectivity index (χ3n) is 2.13. The van der Waals surface area contributed by atoms with Gasteiger partial charge in [-0.05, 0) is 23.9 Å². The molecule has 1 aromatic carbocycles. The van der Waals surface area contributed by atoms with Crippen molar-refractivity contribution in [2.75, 3.05) is 14.2 Å². The topological polar surface area (TPSA) is 18.5 Å². The minimum atomic E-state index is -2.13. The number of halogens is 1. The van der Waals surface area contributed by atoms with E-state index in [1.807, 2.05) is 30.8 Å². The van der Waals surface area contributed by atoms with Crippen molar-refractivity contribution in [3.05, 3.63) is 28.7 Å². The van der Waals surface area contributed by atoms with Gasteiger partial charge < -0.3 is 8.85 Å². The first-order chi connectivity index (χ1) is 6.12. The van der Waals surface area contributed by atoms with Crippen LogP contribution in [0.1, 0.15) is 0 Å². The molecule has 0 amide bonds. The molecule has 0 bridgehead atoms. The first-order valence-corrected chi connectivity index (χ1v) is 7.09. The highest BCUT2D eigenvalue weighted by molar-refractivity contribution is 9.10. The summed E-state index contributed by atoms with van der Waals surface area (Å²) >= 11 is 3.42. The Morgan fingerprint density at radius 2 is 1.85 bits per heavy atom. The first kappa shape index (κ1) is 10.9. The summed E-state index contributed by atoms with van der Waals surface area (Å²) in [7, 11) is 1.25. The summed E-state index contributed by atoms with van der Waals surface area (Å²) in [6, 6.07) is 8.05. The lowest BCUT2D eigenvalue weighted by atomic mass is 10.4. The first-order valence-electron chi connectivity index (χ1n) is 3.99. The minimum absolute atomic E-state index is 1.05. The van der Waals surface area contributed by atoms with Gasteiger partial charge in [0.2, 0.25) is 0 Å². The van der Waals surface area contributed by atoms with Crippen LogP contribution < -0.4 is 5.19 Å². The molecule has 0 heterocycles. The number of hydrogen-bond acceptors (Lipinski definition) is 2. The summed E-state index contributed by atoms with van der Waals surface area (Å²) in [6.45, 7) is 2.02. The van der Waals surface area contributed by atoms with Crippen LogP contribution in [0.4, 0.5) is 0 Å².